The summed E-state index contributed by atoms with van der Waals surface area (Å²) in [5.74, 6) is -0.436. The second kappa shape index (κ2) is 9.35. The maximum Gasteiger partial charge on any atom is 0.338 e. The van der Waals surface area contributed by atoms with Crippen molar-refractivity contribution in [3.8, 4) is 0 Å². The molecule has 0 bridgehead atoms. The highest BCUT2D eigenvalue weighted by molar-refractivity contribution is 5.95. The summed E-state index contributed by atoms with van der Waals surface area (Å²) in [6, 6.07) is 5.08. The lowest BCUT2D eigenvalue weighted by molar-refractivity contribution is -0.139. The van der Waals surface area contributed by atoms with Crippen molar-refractivity contribution in [3.05, 3.63) is 46.2 Å². The Hall–Kier alpha value is -2.38. The molecular weight excluding hydrogens is 334 g/mol. The molecule has 1 aliphatic rings. The predicted octanol–water partition coefficient (Wildman–Crippen LogP) is 1.71. The van der Waals surface area contributed by atoms with Gasteiger partial charge in [-0.2, -0.15) is 0 Å². The van der Waals surface area contributed by atoms with Crippen LogP contribution >= 0.6 is 0 Å². The molecule has 0 fully saturated rings. The standard InChI is InChI=1S/C19H27N3O4/c1-5-26-18(23)16-15(11-20-8-9-25-4)21-19(24)22-17(16)14-10-12(2)6-7-13(14)3/h6-7,10,17,20H,5,8-9,11H2,1-4H3,(H2,21,22,24)/t17-/m1/s1. The van der Waals surface area contributed by atoms with Gasteiger partial charge in [0.1, 0.15) is 0 Å². The third-order valence-corrected chi connectivity index (χ3v) is 4.18. The average molecular weight is 361 g/mol. The van der Waals surface area contributed by atoms with Crippen LogP contribution in [-0.4, -0.2) is 45.4 Å². The van der Waals surface area contributed by atoms with E-state index in [2.05, 4.69) is 16.0 Å². The minimum Gasteiger partial charge on any atom is -0.463 e. The van der Waals surface area contributed by atoms with Gasteiger partial charge in [-0.1, -0.05) is 23.8 Å². The molecule has 142 valence electrons. The summed E-state index contributed by atoms with van der Waals surface area (Å²) in [5.41, 5.74) is 3.88. The van der Waals surface area contributed by atoms with Crippen LogP contribution in [0, 0.1) is 13.8 Å². The van der Waals surface area contributed by atoms with E-state index in [1.807, 2.05) is 32.0 Å². The van der Waals surface area contributed by atoms with Crippen molar-refractivity contribution in [2.24, 2.45) is 0 Å². The maximum absolute atomic E-state index is 12.7. The zero-order valence-corrected chi connectivity index (χ0v) is 15.8. The number of nitrogens with one attached hydrogen (secondary N) is 3. The largest absolute Gasteiger partial charge is 0.463 e. The summed E-state index contributed by atoms with van der Waals surface area (Å²) in [7, 11) is 1.62. The van der Waals surface area contributed by atoms with E-state index >= 15 is 0 Å². The molecule has 1 aromatic carbocycles. The topological polar surface area (TPSA) is 88.7 Å². The van der Waals surface area contributed by atoms with Crippen LogP contribution in [0.15, 0.2) is 29.5 Å². The average Bonchev–Trinajstić information content (AvgIpc) is 2.60. The molecule has 1 aliphatic heterocycles. The number of carbonyl (C=O) groups is 2. The molecule has 1 aromatic rings. The first kappa shape index (κ1) is 19.9. The fourth-order valence-corrected chi connectivity index (χ4v) is 2.90. The van der Waals surface area contributed by atoms with Gasteiger partial charge < -0.3 is 25.4 Å². The Bertz CT molecular complexity index is 700. The molecule has 1 atom stereocenters. The second-order valence-corrected chi connectivity index (χ2v) is 6.17. The molecule has 0 aliphatic carbocycles. The number of urea groups is 1. The van der Waals surface area contributed by atoms with E-state index in [0.717, 1.165) is 16.7 Å². The van der Waals surface area contributed by atoms with Gasteiger partial charge >= 0.3 is 12.0 Å². The molecule has 7 nitrogen and oxygen atoms in total. The minimum absolute atomic E-state index is 0.264. The van der Waals surface area contributed by atoms with Crippen molar-refractivity contribution in [2.75, 3.05) is 33.4 Å². The van der Waals surface area contributed by atoms with Gasteiger partial charge in [0.25, 0.3) is 0 Å². The summed E-state index contributed by atoms with van der Waals surface area (Å²) in [4.78, 5) is 24.9. The molecule has 0 spiro atoms. The Morgan fingerprint density at radius 2 is 2.08 bits per heavy atom. The highest BCUT2D eigenvalue weighted by atomic mass is 16.5. The third kappa shape index (κ3) is 4.83. The van der Waals surface area contributed by atoms with Gasteiger partial charge in [-0.15, -0.1) is 0 Å². The van der Waals surface area contributed by atoms with E-state index in [1.54, 1.807) is 14.0 Å². The van der Waals surface area contributed by atoms with Gasteiger partial charge in [-0.05, 0) is 31.9 Å². The number of benzene rings is 1. The zero-order valence-electron chi connectivity index (χ0n) is 15.8. The molecule has 2 rings (SSSR count). The maximum atomic E-state index is 12.7. The highest BCUT2D eigenvalue weighted by Crippen LogP contribution is 2.30. The minimum atomic E-state index is -0.554. The van der Waals surface area contributed by atoms with E-state index < -0.39 is 12.0 Å². The number of hydrogen-bond donors (Lipinski definition) is 3. The number of amides is 2. The molecule has 0 saturated carbocycles. The first-order chi connectivity index (χ1) is 12.5. The number of esters is 1. The van der Waals surface area contributed by atoms with Crippen molar-refractivity contribution < 1.29 is 19.1 Å². The Kier molecular flexibility index (Phi) is 7.17. The van der Waals surface area contributed by atoms with Gasteiger partial charge in [-0.3, -0.25) is 0 Å². The van der Waals surface area contributed by atoms with Gasteiger partial charge in [0, 0.05) is 25.9 Å². The summed E-state index contributed by atoms with van der Waals surface area (Å²) in [6.45, 7) is 7.44. The van der Waals surface area contributed by atoms with E-state index in [-0.39, 0.29) is 12.6 Å². The lowest BCUT2D eigenvalue weighted by atomic mass is 9.91. The number of aryl methyl sites for hydroxylation is 2. The van der Waals surface area contributed by atoms with E-state index in [1.165, 1.54) is 0 Å². The zero-order chi connectivity index (χ0) is 19.1. The van der Waals surface area contributed by atoms with Crippen LogP contribution in [0.5, 0.6) is 0 Å². The van der Waals surface area contributed by atoms with Crippen molar-refractivity contribution in [1.29, 1.82) is 0 Å². The van der Waals surface area contributed by atoms with Crippen molar-refractivity contribution in [2.45, 2.75) is 26.8 Å². The molecule has 0 saturated heterocycles. The van der Waals surface area contributed by atoms with Gasteiger partial charge in [0.15, 0.2) is 0 Å². The molecule has 7 heteroatoms. The summed E-state index contributed by atoms with van der Waals surface area (Å²) >= 11 is 0. The smallest absolute Gasteiger partial charge is 0.338 e. The summed E-state index contributed by atoms with van der Waals surface area (Å²) < 4.78 is 10.3. The van der Waals surface area contributed by atoms with Gasteiger partial charge in [0.2, 0.25) is 0 Å². The van der Waals surface area contributed by atoms with Crippen LogP contribution in [0.1, 0.15) is 29.7 Å². The third-order valence-electron chi connectivity index (χ3n) is 4.18. The highest BCUT2D eigenvalue weighted by Gasteiger charge is 2.34. The second-order valence-electron chi connectivity index (χ2n) is 6.17. The van der Waals surface area contributed by atoms with Crippen molar-refractivity contribution >= 4 is 12.0 Å². The fraction of sp³-hybridized carbons (Fsp3) is 0.474. The predicted molar refractivity (Wildman–Crippen MR) is 98.7 cm³/mol. The van der Waals surface area contributed by atoms with E-state index in [4.69, 9.17) is 9.47 Å². The Morgan fingerprint density at radius 3 is 2.77 bits per heavy atom. The molecular formula is C19H27N3O4. The number of rotatable bonds is 8. The quantitative estimate of drug-likeness (QED) is 0.485. The summed E-state index contributed by atoms with van der Waals surface area (Å²) in [6.07, 6.45) is 0. The van der Waals surface area contributed by atoms with Crippen LogP contribution in [0.2, 0.25) is 0 Å². The number of ether oxygens (including phenoxy) is 2. The fourth-order valence-electron chi connectivity index (χ4n) is 2.90. The number of methoxy groups -OCH3 is 1. The SMILES string of the molecule is CCOC(=O)C1=C(CNCCOC)NC(=O)N[C@@H]1c1cc(C)ccc1C. The van der Waals surface area contributed by atoms with Crippen LogP contribution in [0.4, 0.5) is 4.79 Å². The van der Waals surface area contributed by atoms with Crippen molar-refractivity contribution in [1.82, 2.24) is 16.0 Å². The Labute approximate surface area is 154 Å². The monoisotopic (exact) mass is 361 g/mol. The molecule has 0 radical (unpaired) electrons. The van der Waals surface area contributed by atoms with Crippen LogP contribution in [-0.2, 0) is 14.3 Å². The molecule has 26 heavy (non-hydrogen) atoms. The van der Waals surface area contributed by atoms with E-state index in [0.29, 0.717) is 31.0 Å². The number of carbonyl (C=O) groups excluding carboxylic acids is 2. The van der Waals surface area contributed by atoms with Crippen LogP contribution in [0.25, 0.3) is 0 Å². The summed E-state index contributed by atoms with van der Waals surface area (Å²) in [5, 5.41) is 8.77. The van der Waals surface area contributed by atoms with Crippen LogP contribution in [0.3, 0.4) is 0 Å². The van der Waals surface area contributed by atoms with Crippen LogP contribution < -0.4 is 16.0 Å². The van der Waals surface area contributed by atoms with Gasteiger partial charge in [0.05, 0.1) is 24.8 Å². The molecule has 0 aromatic heterocycles. The molecule has 3 N–H and O–H groups in total. The normalized spacial score (nSPS) is 16.9. The Morgan fingerprint density at radius 1 is 1.31 bits per heavy atom. The molecule has 1 heterocycles. The molecule has 2 amide bonds. The van der Waals surface area contributed by atoms with Crippen molar-refractivity contribution in [3.63, 3.8) is 0 Å². The number of hydrogen-bond acceptors (Lipinski definition) is 5. The lowest BCUT2D eigenvalue weighted by Gasteiger charge is -2.30. The first-order valence-corrected chi connectivity index (χ1v) is 8.72. The molecule has 0 unspecified atom stereocenters. The lowest BCUT2D eigenvalue weighted by Crippen LogP contribution is -2.48. The Balaban J connectivity index is 2.43. The van der Waals surface area contributed by atoms with Gasteiger partial charge in [-0.25, -0.2) is 9.59 Å². The first-order valence-electron chi connectivity index (χ1n) is 8.72. The van der Waals surface area contributed by atoms with E-state index in [9.17, 15) is 9.59 Å².